The Labute approximate surface area is 101 Å². The average Bonchev–Trinajstić information content (AvgIpc) is 2.69. The second-order valence-electron chi connectivity index (χ2n) is 4.18. The monoisotopic (exact) mass is 266 g/mol. The van der Waals surface area contributed by atoms with Gasteiger partial charge in [-0.3, -0.25) is 0 Å². The summed E-state index contributed by atoms with van der Waals surface area (Å²) in [6.45, 7) is 0. The lowest BCUT2D eigenvalue weighted by molar-refractivity contribution is -0.134. The van der Waals surface area contributed by atoms with Crippen LogP contribution in [0.1, 0.15) is 30.6 Å². The van der Waals surface area contributed by atoms with Gasteiger partial charge in [-0.15, -0.1) is 0 Å². The van der Waals surface area contributed by atoms with Crippen LogP contribution in [0.5, 0.6) is 0 Å². The Morgan fingerprint density at radius 2 is 1.94 bits per heavy atom. The topological polar surface area (TPSA) is 45.1 Å². The number of hydrogen-bond donors (Lipinski definition) is 2. The third kappa shape index (κ3) is 3.32. The molecule has 2 N–H and O–H groups in total. The van der Waals surface area contributed by atoms with E-state index in [1.54, 1.807) is 0 Å². The first-order chi connectivity index (χ1) is 7.95. The van der Waals surface area contributed by atoms with Gasteiger partial charge in [0.2, 0.25) is 0 Å². The summed E-state index contributed by atoms with van der Waals surface area (Å²) in [4.78, 5) is 3.04. The molecule has 1 aliphatic carbocycles. The van der Waals surface area contributed by atoms with Gasteiger partial charge in [0.05, 0.1) is 12.3 Å². The molecular formula is C10H13F3N2OS. The van der Waals surface area contributed by atoms with Crippen LogP contribution in [0.2, 0.25) is 0 Å². The van der Waals surface area contributed by atoms with Crippen LogP contribution >= 0.6 is 11.3 Å². The zero-order chi connectivity index (χ0) is 12.5. The van der Waals surface area contributed by atoms with Crippen molar-refractivity contribution in [1.29, 1.82) is 0 Å². The molecule has 1 aliphatic rings. The molecule has 0 atom stereocenters. The minimum Gasteiger partial charge on any atom is -0.393 e. The molecule has 0 aliphatic heterocycles. The third-order valence-electron chi connectivity index (χ3n) is 2.81. The van der Waals surface area contributed by atoms with Crippen LogP contribution in [0.4, 0.5) is 18.3 Å². The Kier molecular flexibility index (Phi) is 3.58. The van der Waals surface area contributed by atoms with Crippen molar-refractivity contribution in [2.24, 2.45) is 0 Å². The van der Waals surface area contributed by atoms with E-state index in [4.69, 9.17) is 0 Å². The maximum Gasteiger partial charge on any atom is 0.427 e. The van der Waals surface area contributed by atoms with E-state index in [0.717, 1.165) is 19.0 Å². The third-order valence-corrected chi connectivity index (χ3v) is 3.78. The smallest absolute Gasteiger partial charge is 0.393 e. The van der Waals surface area contributed by atoms with Gasteiger partial charge >= 0.3 is 6.18 Å². The molecular weight excluding hydrogens is 253 g/mol. The maximum atomic E-state index is 12.3. The van der Waals surface area contributed by atoms with Crippen LogP contribution in [0, 0.1) is 0 Å². The number of rotatable bonds is 2. The quantitative estimate of drug-likeness (QED) is 0.865. The van der Waals surface area contributed by atoms with Crippen molar-refractivity contribution in [3.05, 3.63) is 11.1 Å². The first-order valence-corrected chi connectivity index (χ1v) is 6.24. The molecule has 17 heavy (non-hydrogen) atoms. The zero-order valence-electron chi connectivity index (χ0n) is 9.00. The van der Waals surface area contributed by atoms with Crippen LogP contribution < -0.4 is 5.32 Å². The summed E-state index contributed by atoms with van der Waals surface area (Å²) in [6.07, 6.45) is -0.824. The molecule has 2 rings (SSSR count). The van der Waals surface area contributed by atoms with E-state index in [-0.39, 0.29) is 12.1 Å². The summed E-state index contributed by atoms with van der Waals surface area (Å²) in [5.74, 6) is 0. The Hall–Kier alpha value is -0.820. The van der Waals surface area contributed by atoms with E-state index in [1.165, 1.54) is 0 Å². The summed E-state index contributed by atoms with van der Waals surface area (Å²) in [6, 6.07) is 0.116. The van der Waals surface area contributed by atoms with Gasteiger partial charge in [0, 0.05) is 6.04 Å². The highest BCUT2D eigenvalue weighted by molar-refractivity contribution is 7.15. The summed E-state index contributed by atoms with van der Waals surface area (Å²) < 4.78 is 37.0. The molecule has 0 amide bonds. The zero-order valence-corrected chi connectivity index (χ0v) is 9.81. The number of nitrogens with zero attached hydrogens (tertiary/aromatic N) is 1. The molecule has 1 saturated carbocycles. The number of halogens is 3. The predicted molar refractivity (Wildman–Crippen MR) is 59.0 cm³/mol. The van der Waals surface area contributed by atoms with Gasteiger partial charge < -0.3 is 10.4 Å². The fourth-order valence-corrected chi connectivity index (χ4v) is 2.63. The highest BCUT2D eigenvalue weighted by Crippen LogP contribution is 2.35. The molecule has 1 aromatic rings. The van der Waals surface area contributed by atoms with Crippen LogP contribution in [0.3, 0.4) is 0 Å². The summed E-state index contributed by atoms with van der Waals surface area (Å²) >= 11 is 0.625. The van der Waals surface area contributed by atoms with E-state index in [0.29, 0.717) is 29.3 Å². The van der Waals surface area contributed by atoms with Crippen molar-refractivity contribution in [2.45, 2.75) is 44.0 Å². The molecule has 0 radical (unpaired) electrons. The average molecular weight is 266 g/mol. The van der Waals surface area contributed by atoms with E-state index in [2.05, 4.69) is 10.3 Å². The second kappa shape index (κ2) is 4.81. The number of hydrogen-bond acceptors (Lipinski definition) is 4. The lowest BCUT2D eigenvalue weighted by Gasteiger charge is -2.25. The number of aliphatic hydroxyl groups is 1. The van der Waals surface area contributed by atoms with E-state index in [9.17, 15) is 18.3 Å². The minimum atomic E-state index is -4.32. The van der Waals surface area contributed by atoms with Crippen molar-refractivity contribution in [3.63, 3.8) is 0 Å². The first-order valence-electron chi connectivity index (χ1n) is 5.43. The molecule has 3 nitrogen and oxygen atoms in total. The Morgan fingerprint density at radius 1 is 1.29 bits per heavy atom. The highest BCUT2D eigenvalue weighted by Gasteiger charge is 2.33. The van der Waals surface area contributed by atoms with Crippen molar-refractivity contribution in [2.75, 3.05) is 5.32 Å². The molecule has 0 saturated heterocycles. The van der Waals surface area contributed by atoms with Crippen molar-refractivity contribution in [3.8, 4) is 0 Å². The van der Waals surface area contributed by atoms with Crippen LogP contribution in [0.25, 0.3) is 0 Å². The van der Waals surface area contributed by atoms with E-state index >= 15 is 0 Å². The van der Waals surface area contributed by atoms with E-state index in [1.807, 2.05) is 0 Å². The largest absolute Gasteiger partial charge is 0.427 e. The van der Waals surface area contributed by atoms with Gasteiger partial charge in [-0.1, -0.05) is 11.3 Å². The first kappa shape index (κ1) is 12.6. The molecule has 0 bridgehead atoms. The molecule has 7 heteroatoms. The van der Waals surface area contributed by atoms with Gasteiger partial charge in [-0.2, -0.15) is 13.2 Å². The summed E-state index contributed by atoms with van der Waals surface area (Å²) in [5, 5.41) is 12.6. The van der Waals surface area contributed by atoms with Crippen LogP contribution in [0.15, 0.2) is 6.20 Å². The van der Waals surface area contributed by atoms with Gasteiger partial charge in [0.1, 0.15) is 4.88 Å². The van der Waals surface area contributed by atoms with Crippen molar-refractivity contribution in [1.82, 2.24) is 4.98 Å². The SMILES string of the molecule is OC1CCC(Nc2ncc(C(F)(F)F)s2)CC1. The molecule has 0 aromatic carbocycles. The summed E-state index contributed by atoms with van der Waals surface area (Å²) in [5.41, 5.74) is 0. The fourth-order valence-electron chi connectivity index (χ4n) is 1.87. The molecule has 96 valence electrons. The number of nitrogens with one attached hydrogen (secondary N) is 1. The minimum absolute atomic E-state index is 0.116. The lowest BCUT2D eigenvalue weighted by atomic mass is 9.93. The maximum absolute atomic E-state index is 12.3. The Bertz CT molecular complexity index is 372. The van der Waals surface area contributed by atoms with Gasteiger partial charge in [0.15, 0.2) is 5.13 Å². The van der Waals surface area contributed by atoms with E-state index < -0.39 is 11.1 Å². The van der Waals surface area contributed by atoms with Crippen molar-refractivity contribution < 1.29 is 18.3 Å². The Morgan fingerprint density at radius 3 is 2.47 bits per heavy atom. The highest BCUT2D eigenvalue weighted by atomic mass is 32.1. The molecule has 1 heterocycles. The number of aliphatic hydroxyl groups excluding tert-OH is 1. The number of anilines is 1. The van der Waals surface area contributed by atoms with Crippen LogP contribution in [-0.4, -0.2) is 22.2 Å². The summed E-state index contributed by atoms with van der Waals surface area (Å²) in [7, 11) is 0. The molecule has 1 aromatic heterocycles. The second-order valence-corrected chi connectivity index (χ2v) is 5.21. The lowest BCUT2D eigenvalue weighted by Crippen LogP contribution is -2.28. The molecule has 0 unspecified atom stereocenters. The predicted octanol–water partition coefficient (Wildman–Crippen LogP) is 2.88. The fraction of sp³-hybridized carbons (Fsp3) is 0.700. The van der Waals surface area contributed by atoms with Gasteiger partial charge in [-0.25, -0.2) is 4.98 Å². The van der Waals surface area contributed by atoms with Gasteiger partial charge in [-0.05, 0) is 25.7 Å². The normalized spacial score (nSPS) is 25.9. The van der Waals surface area contributed by atoms with Gasteiger partial charge in [0.25, 0.3) is 0 Å². The standard InChI is InChI=1S/C10H13F3N2OS/c11-10(12,13)8-5-14-9(17-8)15-6-1-3-7(16)4-2-6/h5-7,16H,1-4H2,(H,14,15). The number of alkyl halides is 3. The number of thiazole rings is 1. The van der Waals surface area contributed by atoms with Crippen molar-refractivity contribution >= 4 is 16.5 Å². The number of aromatic nitrogens is 1. The van der Waals surface area contributed by atoms with Crippen LogP contribution in [-0.2, 0) is 6.18 Å². The molecule has 0 spiro atoms. The molecule has 1 fully saturated rings. The Balaban J connectivity index is 1.93.